The molecule has 110 valence electrons. The SMILES string of the molecule is SCNC(CCC(Cl)(Cl)Cl)Cc1ccc2occc2c1. The Morgan fingerprint density at radius 3 is 2.75 bits per heavy atom. The Morgan fingerprint density at radius 2 is 2.05 bits per heavy atom. The second-order valence-electron chi connectivity index (χ2n) is 4.71. The lowest BCUT2D eigenvalue weighted by molar-refractivity contribution is 0.499. The fraction of sp³-hybridized carbons (Fsp3) is 0.429. The lowest BCUT2D eigenvalue weighted by atomic mass is 10.0. The molecule has 1 aromatic heterocycles. The molecule has 0 aliphatic heterocycles. The molecule has 0 saturated carbocycles. The first-order chi connectivity index (χ1) is 9.48. The molecular weight excluding hydrogens is 337 g/mol. The summed E-state index contributed by atoms with van der Waals surface area (Å²) in [5.74, 6) is 0.596. The number of benzene rings is 1. The van der Waals surface area contributed by atoms with Gasteiger partial charge in [-0.05, 0) is 43.0 Å². The predicted octanol–water partition coefficient (Wildman–Crippen LogP) is 4.97. The Hall–Kier alpha value is -0.0600. The zero-order chi connectivity index (χ0) is 14.6. The highest BCUT2D eigenvalue weighted by atomic mass is 35.6. The van der Waals surface area contributed by atoms with Crippen LogP contribution in [0.4, 0.5) is 0 Å². The average Bonchev–Trinajstić information content (AvgIpc) is 2.82. The molecule has 2 nitrogen and oxygen atoms in total. The summed E-state index contributed by atoms with van der Waals surface area (Å²) >= 11 is 21.7. The quantitative estimate of drug-likeness (QED) is 0.436. The average molecular weight is 353 g/mol. The standard InChI is InChI=1S/C14H16Cl3NOS/c15-14(16,17)5-3-12(18-9-20)8-10-1-2-13-11(7-10)4-6-19-13/h1-2,4,6-7,12,18,20H,3,5,8-9H2. The van der Waals surface area contributed by atoms with Crippen LogP contribution in [0.25, 0.3) is 11.0 Å². The maximum Gasteiger partial charge on any atom is 0.190 e. The van der Waals surface area contributed by atoms with E-state index in [1.165, 1.54) is 5.56 Å². The van der Waals surface area contributed by atoms with Gasteiger partial charge in [0.25, 0.3) is 0 Å². The van der Waals surface area contributed by atoms with Gasteiger partial charge in [0.1, 0.15) is 5.58 Å². The number of alkyl halides is 3. The van der Waals surface area contributed by atoms with Crippen LogP contribution < -0.4 is 5.32 Å². The second-order valence-corrected chi connectivity index (χ2v) is 7.54. The summed E-state index contributed by atoms with van der Waals surface area (Å²) in [7, 11) is 0. The first-order valence-corrected chi connectivity index (χ1v) is 8.12. The van der Waals surface area contributed by atoms with Gasteiger partial charge in [-0.1, -0.05) is 40.9 Å². The van der Waals surface area contributed by atoms with Crippen molar-refractivity contribution in [2.45, 2.75) is 29.1 Å². The molecule has 1 aromatic carbocycles. The Bertz CT molecular complexity index is 553. The number of halogens is 3. The van der Waals surface area contributed by atoms with E-state index < -0.39 is 3.79 Å². The molecule has 0 bridgehead atoms. The molecule has 2 aromatic rings. The van der Waals surface area contributed by atoms with Gasteiger partial charge in [-0.15, -0.1) is 0 Å². The van der Waals surface area contributed by atoms with Crippen molar-refractivity contribution < 1.29 is 4.42 Å². The van der Waals surface area contributed by atoms with Crippen LogP contribution in [0.15, 0.2) is 34.9 Å². The van der Waals surface area contributed by atoms with Crippen molar-refractivity contribution in [3.05, 3.63) is 36.1 Å². The minimum atomic E-state index is -1.20. The van der Waals surface area contributed by atoms with E-state index in [1.807, 2.05) is 12.1 Å². The van der Waals surface area contributed by atoms with Crippen molar-refractivity contribution in [3.63, 3.8) is 0 Å². The van der Waals surface area contributed by atoms with E-state index in [4.69, 9.17) is 39.2 Å². The third-order valence-corrected chi connectivity index (χ3v) is 3.90. The Labute approximate surface area is 139 Å². The fourth-order valence-corrected chi connectivity index (χ4v) is 2.76. The number of nitrogens with one attached hydrogen (secondary N) is 1. The van der Waals surface area contributed by atoms with Crippen molar-refractivity contribution in [1.29, 1.82) is 0 Å². The zero-order valence-corrected chi connectivity index (χ0v) is 13.9. The van der Waals surface area contributed by atoms with Crippen LogP contribution in [0.1, 0.15) is 18.4 Å². The molecule has 0 spiro atoms. The van der Waals surface area contributed by atoms with Crippen molar-refractivity contribution >= 4 is 58.4 Å². The molecule has 1 atom stereocenters. The number of hydrogen-bond donors (Lipinski definition) is 2. The summed E-state index contributed by atoms with van der Waals surface area (Å²) in [6, 6.07) is 8.36. The first-order valence-electron chi connectivity index (χ1n) is 6.35. The topological polar surface area (TPSA) is 25.2 Å². The molecule has 1 N–H and O–H groups in total. The molecule has 1 unspecified atom stereocenters. The lowest BCUT2D eigenvalue weighted by Crippen LogP contribution is -2.31. The molecule has 0 saturated heterocycles. The van der Waals surface area contributed by atoms with Crippen molar-refractivity contribution in [2.24, 2.45) is 0 Å². The summed E-state index contributed by atoms with van der Waals surface area (Å²) in [6.45, 7) is 0. The third-order valence-electron chi connectivity index (χ3n) is 3.16. The molecule has 0 aliphatic carbocycles. The highest BCUT2D eigenvalue weighted by Crippen LogP contribution is 2.32. The van der Waals surface area contributed by atoms with Crippen LogP contribution in [0.2, 0.25) is 0 Å². The van der Waals surface area contributed by atoms with Gasteiger partial charge in [-0.2, -0.15) is 12.6 Å². The van der Waals surface area contributed by atoms with Gasteiger partial charge in [0.15, 0.2) is 3.79 Å². The van der Waals surface area contributed by atoms with E-state index >= 15 is 0 Å². The van der Waals surface area contributed by atoms with Gasteiger partial charge in [-0.25, -0.2) is 0 Å². The minimum Gasteiger partial charge on any atom is -0.464 e. The van der Waals surface area contributed by atoms with Gasteiger partial charge in [0.2, 0.25) is 0 Å². The maximum atomic E-state index is 5.82. The van der Waals surface area contributed by atoms with E-state index in [-0.39, 0.29) is 6.04 Å². The summed E-state index contributed by atoms with van der Waals surface area (Å²) in [4.78, 5) is 0. The summed E-state index contributed by atoms with van der Waals surface area (Å²) in [5.41, 5.74) is 2.12. The van der Waals surface area contributed by atoms with Crippen LogP contribution in [0, 0.1) is 0 Å². The predicted molar refractivity (Wildman–Crippen MR) is 90.2 cm³/mol. The first kappa shape index (κ1) is 16.3. The third kappa shape index (κ3) is 5.05. The highest BCUT2D eigenvalue weighted by molar-refractivity contribution is 7.80. The summed E-state index contributed by atoms with van der Waals surface area (Å²) < 4.78 is 4.13. The van der Waals surface area contributed by atoms with Crippen molar-refractivity contribution in [1.82, 2.24) is 5.32 Å². The van der Waals surface area contributed by atoms with E-state index in [0.717, 1.165) is 23.8 Å². The van der Waals surface area contributed by atoms with Gasteiger partial charge in [0, 0.05) is 17.3 Å². The van der Waals surface area contributed by atoms with Gasteiger partial charge in [-0.3, -0.25) is 0 Å². The van der Waals surface area contributed by atoms with Crippen molar-refractivity contribution in [3.8, 4) is 0 Å². The maximum absolute atomic E-state index is 5.82. The largest absolute Gasteiger partial charge is 0.464 e. The lowest BCUT2D eigenvalue weighted by Gasteiger charge is -2.20. The molecule has 1 heterocycles. The van der Waals surface area contributed by atoms with E-state index in [9.17, 15) is 0 Å². The van der Waals surface area contributed by atoms with Gasteiger partial charge in [0.05, 0.1) is 6.26 Å². The van der Waals surface area contributed by atoms with Crippen LogP contribution in [-0.4, -0.2) is 15.7 Å². The summed E-state index contributed by atoms with van der Waals surface area (Å²) in [6.07, 6.45) is 3.85. The summed E-state index contributed by atoms with van der Waals surface area (Å²) in [5, 5.41) is 4.42. The van der Waals surface area contributed by atoms with Crippen LogP contribution in [0.3, 0.4) is 0 Å². The zero-order valence-electron chi connectivity index (χ0n) is 10.8. The van der Waals surface area contributed by atoms with Crippen LogP contribution >= 0.6 is 47.4 Å². The number of furan rings is 1. The number of hydrogen-bond acceptors (Lipinski definition) is 3. The monoisotopic (exact) mass is 351 g/mol. The molecular formula is C14H16Cl3NOS. The normalized spacial score (nSPS) is 13.8. The molecule has 0 radical (unpaired) electrons. The van der Waals surface area contributed by atoms with Crippen LogP contribution in [0.5, 0.6) is 0 Å². The molecule has 6 heteroatoms. The molecule has 20 heavy (non-hydrogen) atoms. The minimum absolute atomic E-state index is 0.229. The highest BCUT2D eigenvalue weighted by Gasteiger charge is 2.21. The van der Waals surface area contributed by atoms with Gasteiger partial charge < -0.3 is 9.73 Å². The van der Waals surface area contributed by atoms with E-state index in [2.05, 4.69) is 30.1 Å². The number of rotatable bonds is 6. The Kier molecular flexibility index (Phi) is 5.94. The second kappa shape index (κ2) is 7.28. The molecule has 0 aliphatic rings. The molecule has 2 rings (SSSR count). The fourth-order valence-electron chi connectivity index (χ4n) is 2.17. The van der Waals surface area contributed by atoms with Crippen LogP contribution in [-0.2, 0) is 6.42 Å². The van der Waals surface area contributed by atoms with Gasteiger partial charge >= 0.3 is 0 Å². The smallest absolute Gasteiger partial charge is 0.190 e. The van der Waals surface area contributed by atoms with E-state index in [1.54, 1.807) is 6.26 Å². The number of fused-ring (bicyclic) bond motifs is 1. The van der Waals surface area contributed by atoms with Crippen molar-refractivity contribution in [2.75, 3.05) is 5.88 Å². The number of thiol groups is 1. The van der Waals surface area contributed by atoms with E-state index in [0.29, 0.717) is 12.3 Å². The Balaban J connectivity index is 2.02. The molecule has 0 fully saturated rings. The molecule has 0 amide bonds. The Morgan fingerprint density at radius 1 is 1.25 bits per heavy atom.